The summed E-state index contributed by atoms with van der Waals surface area (Å²) in [5.41, 5.74) is 12.9. The number of anilines is 2. The lowest BCUT2D eigenvalue weighted by Gasteiger charge is -2.26. The minimum atomic E-state index is -0.477. The first-order valence-corrected chi connectivity index (χ1v) is 14.4. The highest BCUT2D eigenvalue weighted by atomic mass is 16.5. The van der Waals surface area contributed by atoms with Gasteiger partial charge in [0, 0.05) is 38.6 Å². The summed E-state index contributed by atoms with van der Waals surface area (Å²) in [6.45, 7) is 3.53. The molecule has 0 bridgehead atoms. The van der Waals surface area contributed by atoms with E-state index in [0.717, 1.165) is 78.0 Å². The van der Waals surface area contributed by atoms with Crippen molar-refractivity contribution in [2.75, 3.05) is 30.4 Å². The highest BCUT2D eigenvalue weighted by molar-refractivity contribution is 5.91. The van der Waals surface area contributed by atoms with Crippen LogP contribution in [0, 0.1) is 5.92 Å². The number of nitrogens with two attached hydrogens (primary N) is 1. The van der Waals surface area contributed by atoms with Crippen LogP contribution >= 0.6 is 0 Å². The molecule has 0 radical (unpaired) electrons. The van der Waals surface area contributed by atoms with Gasteiger partial charge in [0.2, 0.25) is 5.91 Å². The fourth-order valence-corrected chi connectivity index (χ4v) is 5.51. The first-order valence-electron chi connectivity index (χ1n) is 14.4. The van der Waals surface area contributed by atoms with Crippen molar-refractivity contribution in [1.82, 2.24) is 4.90 Å². The van der Waals surface area contributed by atoms with Gasteiger partial charge >= 0.3 is 6.09 Å². The maximum Gasteiger partial charge on any atom is 0.411 e. The van der Waals surface area contributed by atoms with Crippen molar-refractivity contribution in [3.8, 4) is 11.1 Å². The molecule has 2 aliphatic rings. The van der Waals surface area contributed by atoms with E-state index >= 15 is 0 Å². The Kier molecular flexibility index (Phi) is 9.01. The van der Waals surface area contributed by atoms with E-state index < -0.39 is 6.09 Å². The van der Waals surface area contributed by atoms with Crippen LogP contribution in [0.4, 0.5) is 16.2 Å². The largest absolute Gasteiger partial charge is 0.453 e. The third-order valence-corrected chi connectivity index (χ3v) is 7.84. The standard InChI is InChI=1S/C33H40N4O3/c1-40-33(39)35-30-20-29(14-15-31(30)36-16-4-2-3-5-17-36)28-11-7-10-26(19-28)23-37(32(38)27-12-13-27)22-25-9-6-8-24(18-25)21-34/h6-11,14-15,18-20,27H,2-5,12-13,16-17,21-23,34H2,1H3,(H,35,39). The number of nitrogens with one attached hydrogen (secondary N) is 1. The van der Waals surface area contributed by atoms with Crippen LogP contribution in [0.25, 0.3) is 11.1 Å². The van der Waals surface area contributed by atoms with Crippen LogP contribution < -0.4 is 16.0 Å². The fourth-order valence-electron chi connectivity index (χ4n) is 5.51. The Morgan fingerprint density at radius 3 is 2.20 bits per heavy atom. The third-order valence-electron chi connectivity index (χ3n) is 7.84. The number of carbonyl (C=O) groups is 2. The summed E-state index contributed by atoms with van der Waals surface area (Å²) in [7, 11) is 1.38. The SMILES string of the molecule is COC(=O)Nc1cc(-c2cccc(CN(Cc3cccc(CN)c3)C(=O)C3CC3)c2)ccc1N1CCCCCC1. The monoisotopic (exact) mass is 540 g/mol. The molecule has 0 aromatic heterocycles. The fraction of sp³-hybridized carbons (Fsp3) is 0.394. The quantitative estimate of drug-likeness (QED) is 0.332. The Hall–Kier alpha value is -3.84. The number of nitrogens with zero attached hydrogens (tertiary/aromatic N) is 2. The van der Waals surface area contributed by atoms with Gasteiger partial charge in [-0.15, -0.1) is 0 Å². The normalized spacial score (nSPS) is 15.3. The second-order valence-electron chi connectivity index (χ2n) is 10.9. The number of amides is 2. The molecule has 0 spiro atoms. The van der Waals surface area contributed by atoms with E-state index in [-0.39, 0.29) is 11.8 Å². The highest BCUT2D eigenvalue weighted by Crippen LogP contribution is 2.35. The van der Waals surface area contributed by atoms with Crippen molar-refractivity contribution < 1.29 is 14.3 Å². The first-order chi connectivity index (χ1) is 19.5. The molecule has 3 N–H and O–H groups in total. The van der Waals surface area contributed by atoms with E-state index in [9.17, 15) is 9.59 Å². The number of benzene rings is 3. The summed E-state index contributed by atoms with van der Waals surface area (Å²) in [5, 5.41) is 2.94. The molecule has 1 saturated heterocycles. The van der Waals surface area contributed by atoms with Crippen molar-refractivity contribution in [2.24, 2.45) is 11.7 Å². The minimum absolute atomic E-state index is 0.138. The topological polar surface area (TPSA) is 87.9 Å². The Labute approximate surface area is 237 Å². The Morgan fingerprint density at radius 1 is 0.875 bits per heavy atom. The number of carbonyl (C=O) groups excluding carboxylic acids is 2. The van der Waals surface area contributed by atoms with Gasteiger partial charge in [0.25, 0.3) is 0 Å². The van der Waals surface area contributed by atoms with Crippen molar-refractivity contribution in [3.05, 3.63) is 83.4 Å². The van der Waals surface area contributed by atoms with E-state index in [2.05, 4.69) is 52.7 Å². The maximum atomic E-state index is 13.3. The van der Waals surface area contributed by atoms with Gasteiger partial charge in [-0.3, -0.25) is 10.1 Å². The van der Waals surface area contributed by atoms with Crippen LogP contribution in [0.2, 0.25) is 0 Å². The van der Waals surface area contributed by atoms with E-state index in [1.165, 1.54) is 20.0 Å². The summed E-state index contributed by atoms with van der Waals surface area (Å²) in [5.74, 6) is 0.356. The van der Waals surface area contributed by atoms with Gasteiger partial charge in [-0.25, -0.2) is 4.79 Å². The number of rotatable bonds is 9. The number of methoxy groups -OCH3 is 1. The lowest BCUT2D eigenvalue weighted by molar-refractivity contribution is -0.133. The van der Waals surface area contributed by atoms with Gasteiger partial charge in [0.15, 0.2) is 0 Å². The zero-order valence-corrected chi connectivity index (χ0v) is 23.4. The molecule has 40 heavy (non-hydrogen) atoms. The Balaban J connectivity index is 1.40. The van der Waals surface area contributed by atoms with Crippen molar-refractivity contribution in [2.45, 2.75) is 58.2 Å². The molecule has 7 nitrogen and oxygen atoms in total. The molecule has 1 aliphatic heterocycles. The summed E-state index contributed by atoms with van der Waals surface area (Å²) in [4.78, 5) is 29.8. The van der Waals surface area contributed by atoms with Crippen LogP contribution in [0.5, 0.6) is 0 Å². The van der Waals surface area contributed by atoms with E-state index in [1.807, 2.05) is 29.2 Å². The Bertz CT molecular complexity index is 1330. The molecular formula is C33H40N4O3. The zero-order valence-electron chi connectivity index (χ0n) is 23.4. The molecule has 210 valence electrons. The van der Waals surface area contributed by atoms with Crippen LogP contribution in [-0.4, -0.2) is 37.1 Å². The van der Waals surface area contributed by atoms with Crippen molar-refractivity contribution in [1.29, 1.82) is 0 Å². The summed E-state index contributed by atoms with van der Waals surface area (Å²) < 4.78 is 4.93. The molecule has 3 aromatic rings. The summed E-state index contributed by atoms with van der Waals surface area (Å²) in [6.07, 6.45) is 6.23. The molecular weight excluding hydrogens is 500 g/mol. The summed E-state index contributed by atoms with van der Waals surface area (Å²) in [6, 6.07) is 22.8. The van der Waals surface area contributed by atoms with Gasteiger partial charge in [-0.05, 0) is 71.7 Å². The molecule has 0 unspecified atom stereocenters. The lowest BCUT2D eigenvalue weighted by Crippen LogP contribution is -2.31. The third kappa shape index (κ3) is 7.02. The molecule has 2 fully saturated rings. The van der Waals surface area contributed by atoms with E-state index in [1.54, 1.807) is 0 Å². The molecule has 2 amide bonds. The van der Waals surface area contributed by atoms with Crippen molar-refractivity contribution >= 4 is 23.4 Å². The first kappa shape index (κ1) is 27.7. The van der Waals surface area contributed by atoms with Gasteiger partial charge in [0.05, 0.1) is 18.5 Å². The molecule has 5 rings (SSSR count). The maximum absolute atomic E-state index is 13.3. The summed E-state index contributed by atoms with van der Waals surface area (Å²) >= 11 is 0. The molecule has 1 saturated carbocycles. The average Bonchev–Trinajstić information content (AvgIpc) is 3.85. The van der Waals surface area contributed by atoms with Crippen LogP contribution in [0.1, 0.15) is 55.2 Å². The predicted molar refractivity (Wildman–Crippen MR) is 160 cm³/mol. The van der Waals surface area contributed by atoms with Crippen LogP contribution in [-0.2, 0) is 29.2 Å². The van der Waals surface area contributed by atoms with Gasteiger partial charge in [-0.1, -0.05) is 61.4 Å². The molecule has 1 heterocycles. The van der Waals surface area contributed by atoms with Crippen LogP contribution in [0.3, 0.4) is 0 Å². The number of hydrogen-bond donors (Lipinski definition) is 2. The molecule has 0 atom stereocenters. The minimum Gasteiger partial charge on any atom is -0.453 e. The van der Waals surface area contributed by atoms with Gasteiger partial charge in [-0.2, -0.15) is 0 Å². The zero-order chi connectivity index (χ0) is 27.9. The number of ether oxygens (including phenoxy) is 1. The van der Waals surface area contributed by atoms with Gasteiger partial charge < -0.3 is 20.3 Å². The predicted octanol–water partition coefficient (Wildman–Crippen LogP) is 6.31. The second kappa shape index (κ2) is 13.0. The Morgan fingerprint density at radius 2 is 1.52 bits per heavy atom. The molecule has 3 aromatic carbocycles. The molecule has 1 aliphatic carbocycles. The molecule has 7 heteroatoms. The highest BCUT2D eigenvalue weighted by Gasteiger charge is 2.33. The van der Waals surface area contributed by atoms with Crippen molar-refractivity contribution in [3.63, 3.8) is 0 Å². The lowest BCUT2D eigenvalue weighted by atomic mass is 10.0. The van der Waals surface area contributed by atoms with E-state index in [0.29, 0.717) is 19.6 Å². The average molecular weight is 541 g/mol. The smallest absolute Gasteiger partial charge is 0.411 e. The number of hydrogen-bond acceptors (Lipinski definition) is 5. The van der Waals surface area contributed by atoms with Gasteiger partial charge in [0.1, 0.15) is 0 Å². The second-order valence-corrected chi connectivity index (χ2v) is 10.9. The van der Waals surface area contributed by atoms with E-state index in [4.69, 9.17) is 10.5 Å². The van der Waals surface area contributed by atoms with Crippen LogP contribution in [0.15, 0.2) is 66.7 Å².